The maximum atomic E-state index is 9.69. The van der Waals surface area contributed by atoms with E-state index in [1.54, 1.807) is 0 Å². The number of piperidine rings is 1. The predicted molar refractivity (Wildman–Crippen MR) is 61.8 cm³/mol. The molecule has 2 aliphatic rings. The second kappa shape index (κ2) is 4.40. The van der Waals surface area contributed by atoms with Crippen molar-refractivity contribution >= 4 is 0 Å². The van der Waals surface area contributed by atoms with E-state index in [1.165, 1.54) is 19.5 Å². The van der Waals surface area contributed by atoms with Gasteiger partial charge in [-0.05, 0) is 44.3 Å². The third-order valence-electron chi connectivity index (χ3n) is 4.07. The molecule has 0 amide bonds. The highest BCUT2D eigenvalue weighted by molar-refractivity contribution is 5.02. The molecule has 3 heteroatoms. The standard InChI is InChI=1S/C12H24N2O/c1-10(2)7-13-12(9-15)4-6-14-5-3-11(12)8-14/h10-11,13,15H,3-9H2,1-2H3. The molecule has 3 atom stereocenters. The lowest BCUT2D eigenvalue weighted by Gasteiger charge is -2.43. The van der Waals surface area contributed by atoms with Crippen LogP contribution in [0.15, 0.2) is 0 Å². The minimum atomic E-state index is 0.0251. The first kappa shape index (κ1) is 11.4. The van der Waals surface area contributed by atoms with Crippen LogP contribution in [0.2, 0.25) is 0 Å². The van der Waals surface area contributed by atoms with E-state index < -0.39 is 0 Å². The highest BCUT2D eigenvalue weighted by Crippen LogP contribution is 2.35. The summed E-state index contributed by atoms with van der Waals surface area (Å²) in [5.41, 5.74) is 0.0251. The zero-order chi connectivity index (χ0) is 10.9. The number of rotatable bonds is 4. The van der Waals surface area contributed by atoms with Gasteiger partial charge in [0.2, 0.25) is 0 Å². The van der Waals surface area contributed by atoms with Crippen molar-refractivity contribution in [2.45, 2.75) is 32.2 Å². The van der Waals surface area contributed by atoms with Crippen LogP contribution in [-0.4, -0.2) is 48.3 Å². The van der Waals surface area contributed by atoms with Gasteiger partial charge in [-0.25, -0.2) is 0 Å². The molecule has 0 aliphatic carbocycles. The molecule has 2 heterocycles. The Bertz CT molecular complexity index is 220. The smallest absolute Gasteiger partial charge is 0.0617 e. The Labute approximate surface area is 92.8 Å². The second-order valence-corrected chi connectivity index (χ2v) is 5.63. The van der Waals surface area contributed by atoms with Gasteiger partial charge in [0.25, 0.3) is 0 Å². The number of nitrogens with zero attached hydrogens (tertiary/aromatic N) is 1. The van der Waals surface area contributed by atoms with Gasteiger partial charge in [-0.3, -0.25) is 0 Å². The number of hydrogen-bond acceptors (Lipinski definition) is 3. The van der Waals surface area contributed by atoms with Gasteiger partial charge in [-0.2, -0.15) is 0 Å². The first-order chi connectivity index (χ1) is 7.16. The average molecular weight is 212 g/mol. The van der Waals surface area contributed by atoms with Crippen molar-refractivity contribution in [3.8, 4) is 0 Å². The van der Waals surface area contributed by atoms with Gasteiger partial charge in [-0.1, -0.05) is 13.8 Å². The maximum Gasteiger partial charge on any atom is 0.0617 e. The number of aliphatic hydroxyl groups is 1. The SMILES string of the molecule is CC(C)CNC1(CO)CCN2CCC1C2. The Balaban J connectivity index is 2.00. The van der Waals surface area contributed by atoms with Gasteiger partial charge in [0.05, 0.1) is 6.61 Å². The van der Waals surface area contributed by atoms with Gasteiger partial charge in [0, 0.05) is 12.1 Å². The summed E-state index contributed by atoms with van der Waals surface area (Å²) in [4.78, 5) is 2.52. The summed E-state index contributed by atoms with van der Waals surface area (Å²) < 4.78 is 0. The predicted octanol–water partition coefficient (Wildman–Crippen LogP) is 0.689. The van der Waals surface area contributed by atoms with Crippen molar-refractivity contribution in [3.63, 3.8) is 0 Å². The molecule has 0 aromatic rings. The highest BCUT2D eigenvalue weighted by Gasteiger charge is 2.45. The van der Waals surface area contributed by atoms with E-state index in [0.717, 1.165) is 19.5 Å². The lowest BCUT2D eigenvalue weighted by molar-refractivity contribution is 0.0628. The molecule has 0 saturated carbocycles. The summed E-state index contributed by atoms with van der Waals surface area (Å²) in [6.07, 6.45) is 2.37. The molecule has 2 bridgehead atoms. The Morgan fingerprint density at radius 2 is 2.27 bits per heavy atom. The van der Waals surface area contributed by atoms with Crippen molar-refractivity contribution in [2.24, 2.45) is 11.8 Å². The Kier molecular flexibility index (Phi) is 3.33. The van der Waals surface area contributed by atoms with E-state index in [9.17, 15) is 5.11 Å². The van der Waals surface area contributed by atoms with Crippen molar-refractivity contribution < 1.29 is 5.11 Å². The Morgan fingerprint density at radius 1 is 1.47 bits per heavy atom. The Hall–Kier alpha value is -0.120. The normalized spacial score (nSPS) is 40.0. The lowest BCUT2D eigenvalue weighted by atomic mass is 9.79. The highest BCUT2D eigenvalue weighted by atomic mass is 16.3. The second-order valence-electron chi connectivity index (χ2n) is 5.63. The van der Waals surface area contributed by atoms with E-state index in [1.807, 2.05) is 0 Å². The van der Waals surface area contributed by atoms with Gasteiger partial charge in [0.1, 0.15) is 0 Å². The first-order valence-electron chi connectivity index (χ1n) is 6.24. The van der Waals surface area contributed by atoms with E-state index in [2.05, 4.69) is 24.1 Å². The summed E-state index contributed by atoms with van der Waals surface area (Å²) in [7, 11) is 0. The summed E-state index contributed by atoms with van der Waals surface area (Å²) in [6, 6.07) is 0. The van der Waals surface area contributed by atoms with Crippen LogP contribution in [0.1, 0.15) is 26.7 Å². The summed E-state index contributed by atoms with van der Waals surface area (Å²) in [6.45, 7) is 9.35. The van der Waals surface area contributed by atoms with Crippen LogP contribution in [0, 0.1) is 11.8 Å². The third-order valence-corrected chi connectivity index (χ3v) is 4.07. The molecular formula is C12H24N2O. The van der Waals surface area contributed by atoms with Crippen molar-refractivity contribution in [2.75, 3.05) is 32.8 Å². The monoisotopic (exact) mass is 212 g/mol. The summed E-state index contributed by atoms with van der Waals surface area (Å²) in [5.74, 6) is 1.32. The fourth-order valence-corrected chi connectivity index (χ4v) is 2.95. The molecule has 2 rings (SSSR count). The molecule has 0 aromatic carbocycles. The van der Waals surface area contributed by atoms with Crippen LogP contribution in [0.3, 0.4) is 0 Å². The number of hydrogen-bond donors (Lipinski definition) is 2. The number of nitrogens with one attached hydrogen (secondary N) is 1. The summed E-state index contributed by atoms with van der Waals surface area (Å²) >= 11 is 0. The molecular weight excluding hydrogens is 188 g/mol. The van der Waals surface area contributed by atoms with Crippen LogP contribution in [0.25, 0.3) is 0 Å². The van der Waals surface area contributed by atoms with Gasteiger partial charge >= 0.3 is 0 Å². The average Bonchev–Trinajstić information content (AvgIpc) is 2.63. The van der Waals surface area contributed by atoms with E-state index in [-0.39, 0.29) is 5.54 Å². The lowest BCUT2D eigenvalue weighted by Crippen LogP contribution is -2.59. The largest absolute Gasteiger partial charge is 0.394 e. The molecule has 0 aromatic heterocycles. The molecule has 2 aliphatic heterocycles. The zero-order valence-electron chi connectivity index (χ0n) is 10.00. The van der Waals surface area contributed by atoms with Crippen molar-refractivity contribution in [1.29, 1.82) is 0 Å². The Morgan fingerprint density at radius 3 is 2.93 bits per heavy atom. The van der Waals surface area contributed by atoms with Crippen LogP contribution in [-0.2, 0) is 0 Å². The van der Waals surface area contributed by atoms with Crippen molar-refractivity contribution in [3.05, 3.63) is 0 Å². The minimum Gasteiger partial charge on any atom is -0.394 e. The van der Waals surface area contributed by atoms with Gasteiger partial charge < -0.3 is 15.3 Å². The van der Waals surface area contributed by atoms with E-state index >= 15 is 0 Å². The third kappa shape index (κ3) is 2.19. The van der Waals surface area contributed by atoms with E-state index in [0.29, 0.717) is 18.4 Å². The molecule has 0 radical (unpaired) electrons. The topological polar surface area (TPSA) is 35.5 Å². The molecule has 2 saturated heterocycles. The fraction of sp³-hybridized carbons (Fsp3) is 1.00. The maximum absolute atomic E-state index is 9.69. The molecule has 88 valence electrons. The quantitative estimate of drug-likeness (QED) is 0.719. The first-order valence-corrected chi connectivity index (χ1v) is 6.24. The fourth-order valence-electron chi connectivity index (χ4n) is 2.95. The molecule has 15 heavy (non-hydrogen) atoms. The molecule has 2 N–H and O–H groups in total. The van der Waals surface area contributed by atoms with Gasteiger partial charge in [-0.15, -0.1) is 0 Å². The number of aliphatic hydroxyl groups excluding tert-OH is 1. The van der Waals surface area contributed by atoms with Crippen molar-refractivity contribution in [1.82, 2.24) is 10.2 Å². The van der Waals surface area contributed by atoms with Crippen LogP contribution >= 0.6 is 0 Å². The number of fused-ring (bicyclic) bond motifs is 2. The summed E-state index contributed by atoms with van der Waals surface area (Å²) in [5, 5.41) is 13.3. The molecule has 2 fully saturated rings. The molecule has 3 nitrogen and oxygen atoms in total. The minimum absolute atomic E-state index is 0.0251. The van der Waals surface area contributed by atoms with Gasteiger partial charge in [0.15, 0.2) is 0 Å². The zero-order valence-corrected chi connectivity index (χ0v) is 10.00. The van der Waals surface area contributed by atoms with Crippen LogP contribution in [0.5, 0.6) is 0 Å². The molecule has 0 spiro atoms. The van der Waals surface area contributed by atoms with Crippen LogP contribution < -0.4 is 5.32 Å². The molecule has 3 unspecified atom stereocenters. The van der Waals surface area contributed by atoms with Crippen LogP contribution in [0.4, 0.5) is 0 Å². The van der Waals surface area contributed by atoms with E-state index in [4.69, 9.17) is 0 Å².